The summed E-state index contributed by atoms with van der Waals surface area (Å²) in [5.41, 5.74) is 3.39. The number of anilines is 2. The normalized spacial score (nSPS) is 17.7. The van der Waals surface area contributed by atoms with Crippen molar-refractivity contribution in [1.82, 2.24) is 4.57 Å². The second-order valence-corrected chi connectivity index (χ2v) is 10.7. The van der Waals surface area contributed by atoms with Crippen molar-refractivity contribution >= 4 is 50.6 Å². The van der Waals surface area contributed by atoms with Crippen LogP contribution in [0.1, 0.15) is 49.5 Å². The maximum Gasteiger partial charge on any atom is 0.308 e. The van der Waals surface area contributed by atoms with Gasteiger partial charge in [-0.1, -0.05) is 6.07 Å². The van der Waals surface area contributed by atoms with Gasteiger partial charge in [-0.05, 0) is 74.2 Å². The van der Waals surface area contributed by atoms with Crippen molar-refractivity contribution in [3.8, 4) is 0 Å². The molecule has 192 valence electrons. The Morgan fingerprint density at radius 1 is 1.06 bits per heavy atom. The summed E-state index contributed by atoms with van der Waals surface area (Å²) in [6.07, 6.45) is 3.63. The van der Waals surface area contributed by atoms with E-state index >= 15 is 0 Å². The van der Waals surface area contributed by atoms with Crippen LogP contribution in [0.15, 0.2) is 41.8 Å². The van der Waals surface area contributed by atoms with Crippen LogP contribution < -0.4 is 9.80 Å². The Morgan fingerprint density at radius 3 is 2.44 bits per heavy atom. The average molecular weight is 510 g/mol. The number of esters is 1. The highest BCUT2D eigenvalue weighted by Gasteiger charge is 2.29. The fraction of sp³-hybridized carbons (Fsp3) is 0.464. The maximum absolute atomic E-state index is 13.5. The summed E-state index contributed by atoms with van der Waals surface area (Å²) >= 11 is 1.58. The van der Waals surface area contributed by atoms with Crippen molar-refractivity contribution < 1.29 is 19.1 Å². The van der Waals surface area contributed by atoms with Crippen molar-refractivity contribution in [2.24, 2.45) is 11.8 Å². The van der Waals surface area contributed by atoms with Crippen molar-refractivity contribution in [2.45, 2.75) is 45.6 Å². The van der Waals surface area contributed by atoms with E-state index in [2.05, 4.69) is 0 Å². The minimum Gasteiger partial charge on any atom is -0.469 e. The third kappa shape index (κ3) is 5.48. The predicted molar refractivity (Wildman–Crippen MR) is 145 cm³/mol. The number of nitrogens with zero attached hydrogens (tertiary/aromatic N) is 3. The number of aromatic nitrogens is 1. The molecule has 3 aromatic rings. The molecule has 1 fully saturated rings. The monoisotopic (exact) mass is 509 g/mol. The number of amides is 1. The highest BCUT2D eigenvalue weighted by molar-refractivity contribution is 7.17. The summed E-state index contributed by atoms with van der Waals surface area (Å²) in [7, 11) is 5.38. The summed E-state index contributed by atoms with van der Waals surface area (Å²) in [5.74, 6) is 0.0507. The van der Waals surface area contributed by atoms with Crippen LogP contribution in [0.3, 0.4) is 0 Å². The number of ether oxygens (including phenoxy) is 1. The van der Waals surface area contributed by atoms with Crippen molar-refractivity contribution in [2.75, 3.05) is 37.5 Å². The first-order valence-electron chi connectivity index (χ1n) is 12.6. The first-order valence-corrected chi connectivity index (χ1v) is 13.5. The van der Waals surface area contributed by atoms with Gasteiger partial charge in [0.25, 0.3) is 0 Å². The molecular formula is C28H35N3O4S. The Morgan fingerprint density at radius 2 is 1.78 bits per heavy atom. The largest absolute Gasteiger partial charge is 0.469 e. The molecule has 36 heavy (non-hydrogen) atoms. The Kier molecular flexibility index (Phi) is 8.14. The Labute approximate surface area is 216 Å². The quantitative estimate of drug-likeness (QED) is 0.286. The first-order chi connectivity index (χ1) is 17.3. The van der Waals surface area contributed by atoms with Gasteiger partial charge in [-0.15, -0.1) is 11.3 Å². The lowest BCUT2D eigenvalue weighted by Gasteiger charge is -2.26. The van der Waals surface area contributed by atoms with Gasteiger partial charge < -0.3 is 19.1 Å². The van der Waals surface area contributed by atoms with Crippen LogP contribution in [-0.2, 0) is 20.9 Å². The molecule has 0 atom stereocenters. The number of ketones is 1. The number of carbonyl (C=O) groups excluding carboxylic acids is 3. The first kappa shape index (κ1) is 25.9. The van der Waals surface area contributed by atoms with Gasteiger partial charge in [0.15, 0.2) is 5.78 Å². The summed E-state index contributed by atoms with van der Waals surface area (Å²) in [4.78, 5) is 42.6. The number of benzene rings is 1. The van der Waals surface area contributed by atoms with Gasteiger partial charge in [-0.2, -0.15) is 0 Å². The number of hydrogen-bond donors (Lipinski definition) is 0. The molecule has 2 aromatic heterocycles. The molecule has 2 heterocycles. The number of fused-ring (bicyclic) bond motifs is 1. The lowest BCUT2D eigenvalue weighted by Crippen LogP contribution is -2.34. The van der Waals surface area contributed by atoms with E-state index in [1.807, 2.05) is 72.3 Å². The van der Waals surface area contributed by atoms with E-state index in [0.29, 0.717) is 18.7 Å². The number of likely N-dealkylation sites (N-methyl/N-ethyl adjacent to an activating group) is 1. The molecule has 0 aliphatic heterocycles. The van der Waals surface area contributed by atoms with Gasteiger partial charge in [0.05, 0.1) is 28.9 Å². The van der Waals surface area contributed by atoms with E-state index in [-0.39, 0.29) is 36.0 Å². The molecule has 1 aliphatic carbocycles. The van der Waals surface area contributed by atoms with E-state index in [1.54, 1.807) is 16.2 Å². The molecule has 0 radical (unpaired) electrons. The summed E-state index contributed by atoms with van der Waals surface area (Å²) in [6.45, 7) is 2.61. The van der Waals surface area contributed by atoms with Crippen LogP contribution in [0.5, 0.6) is 0 Å². The number of thiophene rings is 1. The topological polar surface area (TPSA) is 71.8 Å². The zero-order valence-corrected chi connectivity index (χ0v) is 22.3. The molecule has 1 saturated carbocycles. The zero-order valence-electron chi connectivity index (χ0n) is 21.5. The molecule has 1 aromatic carbocycles. The molecule has 0 bridgehead atoms. The minimum absolute atomic E-state index is 0.0512. The molecule has 1 amide bonds. The molecule has 0 saturated heterocycles. The van der Waals surface area contributed by atoms with Gasteiger partial charge in [0, 0.05) is 38.4 Å². The molecule has 1 aliphatic rings. The summed E-state index contributed by atoms with van der Waals surface area (Å²) < 4.78 is 7.78. The predicted octanol–water partition coefficient (Wildman–Crippen LogP) is 5.37. The highest BCUT2D eigenvalue weighted by atomic mass is 32.1. The van der Waals surface area contributed by atoms with E-state index in [0.717, 1.165) is 47.3 Å². The molecule has 7 nitrogen and oxygen atoms in total. The molecule has 8 heteroatoms. The van der Waals surface area contributed by atoms with Crippen molar-refractivity contribution in [1.29, 1.82) is 0 Å². The van der Waals surface area contributed by atoms with E-state index in [1.165, 1.54) is 7.11 Å². The summed E-state index contributed by atoms with van der Waals surface area (Å²) in [6, 6.07) is 11.8. The van der Waals surface area contributed by atoms with E-state index < -0.39 is 0 Å². The van der Waals surface area contributed by atoms with Crippen LogP contribution in [-0.4, -0.2) is 50.0 Å². The van der Waals surface area contributed by atoms with Crippen LogP contribution in [0, 0.1) is 11.8 Å². The van der Waals surface area contributed by atoms with Crippen LogP contribution in [0.2, 0.25) is 0 Å². The maximum atomic E-state index is 13.5. The summed E-state index contributed by atoms with van der Waals surface area (Å²) in [5, 5.41) is 1.99. The van der Waals surface area contributed by atoms with Gasteiger partial charge >= 0.3 is 5.97 Å². The second-order valence-electron chi connectivity index (χ2n) is 9.71. The molecular weight excluding hydrogens is 474 g/mol. The second kappa shape index (κ2) is 11.3. The van der Waals surface area contributed by atoms with Crippen LogP contribution >= 0.6 is 11.3 Å². The molecule has 4 rings (SSSR count). The fourth-order valence-electron chi connectivity index (χ4n) is 5.18. The van der Waals surface area contributed by atoms with E-state index in [9.17, 15) is 14.4 Å². The molecule has 0 unspecified atom stereocenters. The third-order valence-corrected chi connectivity index (χ3v) is 8.09. The van der Waals surface area contributed by atoms with Crippen molar-refractivity contribution in [3.05, 3.63) is 47.5 Å². The number of carbonyl (C=O) groups is 3. The number of rotatable bonds is 9. The Bertz CT molecular complexity index is 1240. The average Bonchev–Trinajstić information content (AvgIpc) is 3.47. The number of Topliss-reactive ketones (excluding diaryl/α,β-unsaturated/α-hetero) is 1. The minimum atomic E-state index is -0.149. The van der Waals surface area contributed by atoms with Crippen LogP contribution in [0.25, 0.3) is 10.2 Å². The lowest BCUT2D eigenvalue weighted by atomic mass is 9.79. The molecule has 0 N–H and O–H groups in total. The van der Waals surface area contributed by atoms with Gasteiger partial charge in [-0.3, -0.25) is 14.4 Å². The smallest absolute Gasteiger partial charge is 0.308 e. The third-order valence-electron chi connectivity index (χ3n) is 7.23. The number of methoxy groups -OCH3 is 1. The Balaban J connectivity index is 1.52. The molecule has 0 spiro atoms. The van der Waals surface area contributed by atoms with Gasteiger partial charge in [0.1, 0.15) is 6.54 Å². The van der Waals surface area contributed by atoms with Crippen LogP contribution in [0.4, 0.5) is 11.4 Å². The van der Waals surface area contributed by atoms with Crippen molar-refractivity contribution in [3.63, 3.8) is 0 Å². The Hall–Kier alpha value is -3.13. The van der Waals surface area contributed by atoms with Gasteiger partial charge in [-0.25, -0.2) is 0 Å². The van der Waals surface area contributed by atoms with Gasteiger partial charge in [0.2, 0.25) is 5.91 Å². The van der Waals surface area contributed by atoms with E-state index in [4.69, 9.17) is 4.74 Å². The number of hydrogen-bond acceptors (Lipinski definition) is 6. The SMILES string of the molecule is CCN(C(=O)Cn1c(C(=O)CC2CCC(C(=O)OC)CC2)cc2sccc21)c1cccc(N(C)C)c1. The fourth-order valence-corrected chi connectivity index (χ4v) is 6.00. The standard InChI is InChI=1S/C28H35N3O4S/c1-5-30(22-8-6-7-21(16-22)29(2)3)27(33)18-31-23-13-14-36-26(23)17-24(31)25(32)15-19-9-11-20(12-10-19)28(34)35-4/h6-8,13-14,16-17,19-20H,5,9-12,15,18H2,1-4H3. The zero-order chi connectivity index (χ0) is 25.8. The lowest BCUT2D eigenvalue weighted by molar-refractivity contribution is -0.146. The highest BCUT2D eigenvalue weighted by Crippen LogP contribution is 2.34.